The van der Waals surface area contributed by atoms with E-state index in [9.17, 15) is 4.79 Å². The first kappa shape index (κ1) is 17.7. The summed E-state index contributed by atoms with van der Waals surface area (Å²) in [5.74, 6) is 0.213. The zero-order valence-corrected chi connectivity index (χ0v) is 15.5. The van der Waals surface area contributed by atoms with Crippen molar-refractivity contribution < 1.29 is 4.79 Å². The van der Waals surface area contributed by atoms with Gasteiger partial charge in [-0.05, 0) is 25.8 Å². The number of amides is 1. The van der Waals surface area contributed by atoms with Crippen molar-refractivity contribution in [3.8, 4) is 0 Å². The molecular weight excluding hydrogens is 312 g/mol. The molecule has 0 atom stereocenters. The standard InChI is InChI=1S/C20H28N4O/c1-4-9-24-14-19(17(3)21-24)13-22-10-11-23(20(25)15-22)12-18-7-5-16(2)6-8-18/h5-8,14H,4,9-13,15H2,1-3H3. The molecule has 5 heteroatoms. The van der Waals surface area contributed by atoms with Crippen LogP contribution in [-0.4, -0.2) is 45.1 Å². The van der Waals surface area contributed by atoms with Crippen LogP contribution in [0.5, 0.6) is 0 Å². The van der Waals surface area contributed by atoms with Crippen molar-refractivity contribution in [1.29, 1.82) is 0 Å². The monoisotopic (exact) mass is 340 g/mol. The predicted octanol–water partition coefficient (Wildman–Crippen LogP) is 2.75. The SMILES string of the molecule is CCCn1cc(CN2CCN(Cc3ccc(C)cc3)C(=O)C2)c(C)n1. The van der Waals surface area contributed by atoms with Gasteiger partial charge in [0.1, 0.15) is 0 Å². The van der Waals surface area contributed by atoms with Gasteiger partial charge in [0.15, 0.2) is 0 Å². The second-order valence-electron chi connectivity index (χ2n) is 7.01. The number of nitrogens with zero attached hydrogens (tertiary/aromatic N) is 4. The molecule has 1 aliphatic rings. The Kier molecular flexibility index (Phi) is 5.53. The van der Waals surface area contributed by atoms with E-state index in [2.05, 4.69) is 61.2 Å². The Morgan fingerprint density at radius 1 is 1.08 bits per heavy atom. The number of hydrogen-bond acceptors (Lipinski definition) is 3. The number of carbonyl (C=O) groups is 1. The number of hydrogen-bond donors (Lipinski definition) is 0. The molecule has 2 aromatic rings. The molecule has 0 unspecified atom stereocenters. The first-order chi connectivity index (χ1) is 12.0. The average molecular weight is 340 g/mol. The quantitative estimate of drug-likeness (QED) is 0.812. The number of carbonyl (C=O) groups excluding carboxylic acids is 1. The van der Waals surface area contributed by atoms with E-state index in [0.717, 1.165) is 38.3 Å². The summed E-state index contributed by atoms with van der Waals surface area (Å²) in [6.07, 6.45) is 3.21. The number of piperazine rings is 1. The summed E-state index contributed by atoms with van der Waals surface area (Å²) in [4.78, 5) is 16.7. The lowest BCUT2D eigenvalue weighted by Gasteiger charge is -2.34. The third-order valence-electron chi connectivity index (χ3n) is 4.79. The van der Waals surface area contributed by atoms with Crippen molar-refractivity contribution in [1.82, 2.24) is 19.6 Å². The van der Waals surface area contributed by atoms with E-state index in [0.29, 0.717) is 13.1 Å². The Morgan fingerprint density at radius 2 is 1.84 bits per heavy atom. The molecule has 1 aliphatic heterocycles. The van der Waals surface area contributed by atoms with Crippen LogP contribution >= 0.6 is 0 Å². The molecule has 1 aromatic carbocycles. The molecule has 134 valence electrons. The average Bonchev–Trinajstić information content (AvgIpc) is 2.92. The molecule has 0 N–H and O–H groups in total. The number of aryl methyl sites for hydroxylation is 3. The maximum atomic E-state index is 12.5. The van der Waals surface area contributed by atoms with Crippen LogP contribution in [0.15, 0.2) is 30.5 Å². The molecule has 3 rings (SSSR count). The van der Waals surface area contributed by atoms with Crippen LogP contribution in [-0.2, 0) is 24.4 Å². The minimum atomic E-state index is 0.213. The van der Waals surface area contributed by atoms with E-state index in [4.69, 9.17) is 0 Å². The van der Waals surface area contributed by atoms with Gasteiger partial charge in [0.2, 0.25) is 5.91 Å². The largest absolute Gasteiger partial charge is 0.336 e. The van der Waals surface area contributed by atoms with Gasteiger partial charge in [-0.2, -0.15) is 5.10 Å². The third kappa shape index (κ3) is 4.48. The maximum Gasteiger partial charge on any atom is 0.237 e. The van der Waals surface area contributed by atoms with Gasteiger partial charge in [0.25, 0.3) is 0 Å². The van der Waals surface area contributed by atoms with Gasteiger partial charge in [0.05, 0.1) is 12.2 Å². The van der Waals surface area contributed by atoms with Crippen LogP contribution in [0, 0.1) is 13.8 Å². The van der Waals surface area contributed by atoms with Gasteiger partial charge in [0, 0.05) is 44.5 Å². The van der Waals surface area contributed by atoms with Crippen LogP contribution in [0.3, 0.4) is 0 Å². The van der Waals surface area contributed by atoms with Gasteiger partial charge in [-0.25, -0.2) is 0 Å². The van der Waals surface area contributed by atoms with E-state index in [1.807, 2.05) is 9.58 Å². The molecular formula is C20H28N4O. The maximum absolute atomic E-state index is 12.5. The summed E-state index contributed by atoms with van der Waals surface area (Å²) < 4.78 is 2.01. The molecule has 1 saturated heterocycles. The third-order valence-corrected chi connectivity index (χ3v) is 4.79. The highest BCUT2D eigenvalue weighted by Gasteiger charge is 2.24. The summed E-state index contributed by atoms with van der Waals surface area (Å²) in [5.41, 5.74) is 4.75. The molecule has 25 heavy (non-hydrogen) atoms. The Balaban J connectivity index is 1.56. The zero-order valence-electron chi connectivity index (χ0n) is 15.5. The van der Waals surface area contributed by atoms with Crippen molar-refractivity contribution in [2.75, 3.05) is 19.6 Å². The lowest BCUT2D eigenvalue weighted by Crippen LogP contribution is -2.49. The van der Waals surface area contributed by atoms with Gasteiger partial charge < -0.3 is 4.90 Å². The first-order valence-corrected chi connectivity index (χ1v) is 9.13. The van der Waals surface area contributed by atoms with Crippen molar-refractivity contribution in [2.45, 2.75) is 46.8 Å². The van der Waals surface area contributed by atoms with Crippen molar-refractivity contribution in [2.24, 2.45) is 0 Å². The highest BCUT2D eigenvalue weighted by Crippen LogP contribution is 2.15. The van der Waals surface area contributed by atoms with Crippen molar-refractivity contribution in [3.63, 3.8) is 0 Å². The summed E-state index contributed by atoms with van der Waals surface area (Å²) in [5, 5.41) is 4.56. The summed E-state index contributed by atoms with van der Waals surface area (Å²) >= 11 is 0. The summed E-state index contributed by atoms with van der Waals surface area (Å²) in [7, 11) is 0. The lowest BCUT2D eigenvalue weighted by molar-refractivity contribution is -0.136. The van der Waals surface area contributed by atoms with E-state index < -0.39 is 0 Å². The van der Waals surface area contributed by atoms with Crippen LogP contribution in [0.4, 0.5) is 0 Å². The van der Waals surface area contributed by atoms with Crippen LogP contribution < -0.4 is 0 Å². The zero-order chi connectivity index (χ0) is 17.8. The molecule has 1 amide bonds. The van der Waals surface area contributed by atoms with Crippen LogP contribution in [0.25, 0.3) is 0 Å². The molecule has 0 aliphatic carbocycles. The molecule has 0 spiro atoms. The Morgan fingerprint density at radius 3 is 2.52 bits per heavy atom. The van der Waals surface area contributed by atoms with E-state index >= 15 is 0 Å². The molecule has 0 saturated carbocycles. The van der Waals surface area contributed by atoms with Gasteiger partial charge in [-0.3, -0.25) is 14.4 Å². The topological polar surface area (TPSA) is 41.4 Å². The second kappa shape index (κ2) is 7.83. The molecule has 2 heterocycles. The van der Waals surface area contributed by atoms with Crippen molar-refractivity contribution >= 4 is 5.91 Å². The predicted molar refractivity (Wildman–Crippen MR) is 99.1 cm³/mol. The number of aromatic nitrogens is 2. The van der Waals surface area contributed by atoms with E-state index in [-0.39, 0.29) is 5.91 Å². The van der Waals surface area contributed by atoms with Gasteiger partial charge in [-0.1, -0.05) is 36.8 Å². The smallest absolute Gasteiger partial charge is 0.237 e. The second-order valence-corrected chi connectivity index (χ2v) is 7.01. The van der Waals surface area contributed by atoms with E-state index in [1.54, 1.807) is 0 Å². The summed E-state index contributed by atoms with van der Waals surface area (Å²) in [6, 6.07) is 8.43. The fourth-order valence-electron chi connectivity index (χ4n) is 3.27. The molecule has 1 aromatic heterocycles. The van der Waals surface area contributed by atoms with Crippen molar-refractivity contribution in [3.05, 3.63) is 52.8 Å². The fourth-order valence-corrected chi connectivity index (χ4v) is 3.27. The number of rotatable bonds is 6. The molecule has 0 radical (unpaired) electrons. The first-order valence-electron chi connectivity index (χ1n) is 9.13. The molecule has 1 fully saturated rings. The van der Waals surface area contributed by atoms with Gasteiger partial charge >= 0.3 is 0 Å². The molecule has 5 nitrogen and oxygen atoms in total. The normalized spacial score (nSPS) is 15.8. The van der Waals surface area contributed by atoms with E-state index in [1.165, 1.54) is 16.7 Å². The molecule has 0 bridgehead atoms. The fraction of sp³-hybridized carbons (Fsp3) is 0.500. The van der Waals surface area contributed by atoms with Crippen LogP contribution in [0.1, 0.15) is 35.7 Å². The minimum absolute atomic E-state index is 0.213. The Hall–Kier alpha value is -2.14. The highest BCUT2D eigenvalue weighted by molar-refractivity contribution is 5.79. The van der Waals surface area contributed by atoms with Gasteiger partial charge in [-0.15, -0.1) is 0 Å². The minimum Gasteiger partial charge on any atom is -0.336 e. The lowest BCUT2D eigenvalue weighted by atomic mass is 10.1. The van der Waals surface area contributed by atoms with Crippen LogP contribution in [0.2, 0.25) is 0 Å². The Bertz CT molecular complexity index is 720. The number of benzene rings is 1. The highest BCUT2D eigenvalue weighted by atomic mass is 16.2. The Labute approximate surface area is 150 Å². The summed E-state index contributed by atoms with van der Waals surface area (Å²) in [6.45, 7) is 10.9.